The first-order valence-electron chi connectivity index (χ1n) is 11.8. The van der Waals surface area contributed by atoms with Crippen LogP contribution in [0.15, 0.2) is 54.6 Å². The van der Waals surface area contributed by atoms with E-state index in [1.807, 2.05) is 37.3 Å². The van der Waals surface area contributed by atoms with E-state index in [0.29, 0.717) is 19.4 Å². The zero-order valence-corrected chi connectivity index (χ0v) is 19.0. The van der Waals surface area contributed by atoms with E-state index in [0.717, 1.165) is 43.2 Å². The Kier molecular flexibility index (Phi) is 8.69. The predicted molar refractivity (Wildman–Crippen MR) is 126 cm³/mol. The number of amides is 2. The van der Waals surface area contributed by atoms with Crippen molar-refractivity contribution in [2.75, 3.05) is 0 Å². The average Bonchev–Trinajstić information content (AvgIpc) is 2.79. The minimum atomic E-state index is -0.510. The monoisotopic (exact) mass is 420 g/mol. The molecule has 1 aliphatic carbocycles. The number of carbonyl (C=O) groups is 2. The Morgan fingerprint density at radius 3 is 2.29 bits per heavy atom. The Bertz CT molecular complexity index is 826. The van der Waals surface area contributed by atoms with Crippen LogP contribution >= 0.6 is 0 Å². The van der Waals surface area contributed by atoms with Crippen molar-refractivity contribution in [2.45, 2.75) is 83.8 Å². The normalized spacial score (nSPS) is 15.3. The van der Waals surface area contributed by atoms with Crippen molar-refractivity contribution in [2.24, 2.45) is 0 Å². The molecule has 0 aromatic heterocycles. The molecule has 1 fully saturated rings. The third kappa shape index (κ3) is 6.95. The quantitative estimate of drug-likeness (QED) is 0.607. The largest absolute Gasteiger partial charge is 0.352 e. The molecule has 4 nitrogen and oxygen atoms in total. The van der Waals surface area contributed by atoms with Gasteiger partial charge in [-0.3, -0.25) is 9.59 Å². The molecule has 1 atom stereocenters. The second kappa shape index (κ2) is 11.7. The fraction of sp³-hybridized carbons (Fsp3) is 0.481. The van der Waals surface area contributed by atoms with Gasteiger partial charge >= 0.3 is 0 Å². The summed E-state index contributed by atoms with van der Waals surface area (Å²) in [6.45, 7) is 4.52. The van der Waals surface area contributed by atoms with Gasteiger partial charge in [-0.15, -0.1) is 0 Å². The highest BCUT2D eigenvalue weighted by molar-refractivity contribution is 5.88. The summed E-state index contributed by atoms with van der Waals surface area (Å²) in [5, 5.41) is 3.28. The van der Waals surface area contributed by atoms with Crippen molar-refractivity contribution in [3.8, 4) is 0 Å². The summed E-state index contributed by atoms with van der Waals surface area (Å²) >= 11 is 0. The van der Waals surface area contributed by atoms with Crippen LogP contribution in [-0.2, 0) is 22.6 Å². The number of rotatable bonds is 9. The molecule has 0 saturated heterocycles. The molecule has 2 aromatic rings. The average molecular weight is 421 g/mol. The highest BCUT2D eigenvalue weighted by Gasteiger charge is 2.31. The number of benzene rings is 2. The molecule has 1 saturated carbocycles. The van der Waals surface area contributed by atoms with Gasteiger partial charge in [-0.25, -0.2) is 0 Å². The van der Waals surface area contributed by atoms with Crippen LogP contribution in [0, 0.1) is 6.92 Å². The molecule has 31 heavy (non-hydrogen) atoms. The van der Waals surface area contributed by atoms with Crippen molar-refractivity contribution < 1.29 is 9.59 Å². The van der Waals surface area contributed by atoms with Gasteiger partial charge in [0.15, 0.2) is 0 Å². The highest BCUT2D eigenvalue weighted by atomic mass is 16.2. The number of aryl methyl sites for hydroxylation is 1. The Morgan fingerprint density at radius 1 is 0.968 bits per heavy atom. The maximum atomic E-state index is 13.5. The minimum absolute atomic E-state index is 0.0210. The predicted octanol–water partition coefficient (Wildman–Crippen LogP) is 5.18. The van der Waals surface area contributed by atoms with Crippen LogP contribution in [0.5, 0.6) is 0 Å². The van der Waals surface area contributed by atoms with E-state index < -0.39 is 6.04 Å². The smallest absolute Gasteiger partial charge is 0.243 e. The van der Waals surface area contributed by atoms with Crippen molar-refractivity contribution in [3.63, 3.8) is 0 Å². The van der Waals surface area contributed by atoms with E-state index in [9.17, 15) is 9.59 Å². The van der Waals surface area contributed by atoms with Gasteiger partial charge in [-0.05, 0) is 37.3 Å². The summed E-state index contributed by atoms with van der Waals surface area (Å²) in [5.74, 6) is 0.0233. The fourth-order valence-corrected chi connectivity index (χ4v) is 4.35. The molecule has 0 aliphatic heterocycles. The van der Waals surface area contributed by atoms with Crippen molar-refractivity contribution in [3.05, 3.63) is 71.3 Å². The number of carbonyl (C=O) groups excluding carboxylic acids is 2. The summed E-state index contributed by atoms with van der Waals surface area (Å²) in [4.78, 5) is 28.5. The molecule has 2 aromatic carbocycles. The lowest BCUT2D eigenvalue weighted by atomic mass is 9.94. The van der Waals surface area contributed by atoms with E-state index in [1.165, 1.54) is 12.0 Å². The zero-order valence-electron chi connectivity index (χ0n) is 19.0. The van der Waals surface area contributed by atoms with Gasteiger partial charge in [0.05, 0.1) is 0 Å². The van der Waals surface area contributed by atoms with Crippen LogP contribution in [0.2, 0.25) is 0 Å². The van der Waals surface area contributed by atoms with Crippen LogP contribution in [0.1, 0.15) is 68.6 Å². The first-order chi connectivity index (χ1) is 15.1. The second-order valence-corrected chi connectivity index (χ2v) is 8.81. The third-order valence-corrected chi connectivity index (χ3v) is 6.16. The lowest BCUT2D eigenvalue weighted by Gasteiger charge is -2.33. The van der Waals surface area contributed by atoms with Crippen LogP contribution in [-0.4, -0.2) is 28.8 Å². The maximum Gasteiger partial charge on any atom is 0.243 e. The molecule has 0 bridgehead atoms. The van der Waals surface area contributed by atoms with Gasteiger partial charge in [-0.2, -0.15) is 0 Å². The number of nitrogens with one attached hydrogen (secondary N) is 1. The molecule has 3 rings (SSSR count). The SMILES string of the molecule is CCCC(=O)N(Cc1ccc(C)cc1)[C@H](Cc1ccccc1)C(=O)NC1CCCCC1. The van der Waals surface area contributed by atoms with Gasteiger partial charge in [-0.1, -0.05) is 86.3 Å². The van der Waals surface area contributed by atoms with Gasteiger partial charge in [0.25, 0.3) is 0 Å². The first-order valence-corrected chi connectivity index (χ1v) is 11.8. The van der Waals surface area contributed by atoms with E-state index in [4.69, 9.17) is 0 Å². The lowest BCUT2D eigenvalue weighted by molar-refractivity contribution is -0.141. The van der Waals surface area contributed by atoms with Crippen LogP contribution in [0.4, 0.5) is 0 Å². The molecule has 0 radical (unpaired) electrons. The fourth-order valence-electron chi connectivity index (χ4n) is 4.35. The van der Waals surface area contributed by atoms with Crippen LogP contribution in [0.25, 0.3) is 0 Å². The van der Waals surface area contributed by atoms with Crippen LogP contribution in [0.3, 0.4) is 0 Å². The zero-order chi connectivity index (χ0) is 22.1. The summed E-state index contributed by atoms with van der Waals surface area (Å²) < 4.78 is 0. The van der Waals surface area contributed by atoms with Crippen molar-refractivity contribution >= 4 is 11.8 Å². The molecule has 4 heteroatoms. The third-order valence-electron chi connectivity index (χ3n) is 6.16. The molecule has 0 unspecified atom stereocenters. The van der Waals surface area contributed by atoms with E-state index in [-0.39, 0.29) is 17.9 Å². The molecular weight excluding hydrogens is 384 g/mol. The summed E-state index contributed by atoms with van der Waals surface area (Å²) in [7, 11) is 0. The van der Waals surface area contributed by atoms with Gasteiger partial charge in [0, 0.05) is 25.4 Å². The summed E-state index contributed by atoms with van der Waals surface area (Å²) in [6, 6.07) is 18.0. The van der Waals surface area contributed by atoms with Gasteiger partial charge in [0.2, 0.25) is 11.8 Å². The van der Waals surface area contributed by atoms with Gasteiger partial charge < -0.3 is 10.2 Å². The Hall–Kier alpha value is -2.62. The molecule has 166 valence electrons. The van der Waals surface area contributed by atoms with Crippen molar-refractivity contribution in [1.29, 1.82) is 0 Å². The van der Waals surface area contributed by atoms with Crippen LogP contribution < -0.4 is 5.32 Å². The highest BCUT2D eigenvalue weighted by Crippen LogP contribution is 2.20. The number of hydrogen-bond acceptors (Lipinski definition) is 2. The van der Waals surface area contributed by atoms with E-state index in [2.05, 4.69) is 36.5 Å². The number of hydrogen-bond donors (Lipinski definition) is 1. The summed E-state index contributed by atoms with van der Waals surface area (Å²) in [5.41, 5.74) is 3.31. The van der Waals surface area contributed by atoms with Gasteiger partial charge in [0.1, 0.15) is 6.04 Å². The molecular formula is C27H36N2O2. The Labute approximate surface area is 187 Å². The molecule has 1 aliphatic rings. The summed E-state index contributed by atoms with van der Waals surface area (Å²) in [6.07, 6.45) is 7.38. The van der Waals surface area contributed by atoms with E-state index >= 15 is 0 Å². The number of nitrogens with zero attached hydrogens (tertiary/aromatic N) is 1. The minimum Gasteiger partial charge on any atom is -0.352 e. The Morgan fingerprint density at radius 2 is 1.65 bits per heavy atom. The molecule has 0 spiro atoms. The Balaban J connectivity index is 1.87. The standard InChI is InChI=1S/C27H36N2O2/c1-3-10-26(30)29(20-23-17-15-21(2)16-18-23)25(19-22-11-6-4-7-12-22)27(31)28-24-13-8-5-9-14-24/h4,6-7,11-12,15-18,24-25H,3,5,8-10,13-14,19-20H2,1-2H3,(H,28,31)/t25-/m1/s1. The topological polar surface area (TPSA) is 49.4 Å². The molecule has 0 heterocycles. The lowest BCUT2D eigenvalue weighted by Crippen LogP contribution is -2.52. The second-order valence-electron chi connectivity index (χ2n) is 8.81. The van der Waals surface area contributed by atoms with E-state index in [1.54, 1.807) is 4.90 Å². The molecule has 2 amide bonds. The van der Waals surface area contributed by atoms with Crippen molar-refractivity contribution in [1.82, 2.24) is 10.2 Å². The molecule has 1 N–H and O–H groups in total. The first kappa shape index (κ1) is 23.1. The maximum absolute atomic E-state index is 13.5.